The number of hydrogen-bond acceptors (Lipinski definition) is 5. The lowest BCUT2D eigenvalue weighted by Gasteiger charge is -2.08. The van der Waals surface area contributed by atoms with E-state index in [1.165, 1.54) is 6.21 Å². The maximum atomic E-state index is 13.3. The van der Waals surface area contributed by atoms with E-state index in [2.05, 4.69) is 15.5 Å². The molecule has 0 aliphatic heterocycles. The lowest BCUT2D eigenvalue weighted by Crippen LogP contribution is -2.19. The molecule has 0 aliphatic rings. The minimum absolute atomic E-state index is 0.198. The number of ether oxygens (including phenoxy) is 2. The summed E-state index contributed by atoms with van der Waals surface area (Å²) in [6, 6.07) is 23.8. The van der Waals surface area contributed by atoms with E-state index in [0.29, 0.717) is 54.0 Å². The predicted molar refractivity (Wildman–Crippen MR) is 158 cm³/mol. The minimum atomic E-state index is -0.550. The van der Waals surface area contributed by atoms with Gasteiger partial charge in [0.1, 0.15) is 17.2 Å². The number of amides is 1. The fraction of sp³-hybridized carbons (Fsp3) is 0.0333. The van der Waals surface area contributed by atoms with Gasteiger partial charge in [-0.25, -0.2) is 10.2 Å². The van der Waals surface area contributed by atoms with Crippen molar-refractivity contribution in [3.8, 4) is 22.6 Å². The van der Waals surface area contributed by atoms with Crippen LogP contribution >= 0.6 is 34.8 Å². The smallest absolute Gasteiger partial charge is 0.343 e. The molecule has 40 heavy (non-hydrogen) atoms. The number of carbonyl (C=O) groups is 2. The number of rotatable bonds is 7. The molecule has 0 saturated carbocycles. The summed E-state index contributed by atoms with van der Waals surface area (Å²) >= 11 is 19.2. The Balaban J connectivity index is 1.41. The topological polar surface area (TPSA) is 92.8 Å². The van der Waals surface area contributed by atoms with Gasteiger partial charge in [0.15, 0.2) is 0 Å². The highest BCUT2D eigenvalue weighted by Gasteiger charge is 2.22. The van der Waals surface area contributed by atoms with Gasteiger partial charge >= 0.3 is 5.97 Å². The van der Waals surface area contributed by atoms with E-state index in [-0.39, 0.29) is 11.4 Å². The number of fused-ring (bicyclic) bond motifs is 1. The molecule has 5 aromatic rings. The Hall–Kier alpha value is -4.30. The molecule has 5 rings (SSSR count). The van der Waals surface area contributed by atoms with Gasteiger partial charge in [-0.2, -0.15) is 5.10 Å². The third-order valence-corrected chi connectivity index (χ3v) is 6.86. The molecule has 1 amide bonds. The van der Waals surface area contributed by atoms with Crippen LogP contribution in [0.1, 0.15) is 26.4 Å². The maximum absolute atomic E-state index is 13.3. The van der Waals surface area contributed by atoms with Crippen molar-refractivity contribution >= 4 is 63.8 Å². The summed E-state index contributed by atoms with van der Waals surface area (Å²) in [4.78, 5) is 29.1. The van der Waals surface area contributed by atoms with Gasteiger partial charge in [0, 0.05) is 32.1 Å². The molecule has 0 saturated heterocycles. The molecular weight excluding hydrogens is 573 g/mol. The number of esters is 1. The van der Waals surface area contributed by atoms with E-state index in [0.717, 1.165) is 0 Å². The van der Waals surface area contributed by atoms with Gasteiger partial charge in [-0.3, -0.25) is 4.79 Å². The molecule has 0 spiro atoms. The number of nitrogens with one attached hydrogen (secondary N) is 2. The second kappa shape index (κ2) is 11.8. The Morgan fingerprint density at radius 1 is 0.900 bits per heavy atom. The largest absolute Gasteiger partial charge is 0.497 e. The van der Waals surface area contributed by atoms with E-state index >= 15 is 0 Å². The van der Waals surface area contributed by atoms with Crippen LogP contribution in [0, 0.1) is 0 Å². The number of methoxy groups -OCH3 is 1. The van der Waals surface area contributed by atoms with Crippen molar-refractivity contribution in [2.75, 3.05) is 7.11 Å². The maximum Gasteiger partial charge on any atom is 0.343 e. The monoisotopic (exact) mass is 591 g/mol. The van der Waals surface area contributed by atoms with Gasteiger partial charge < -0.3 is 14.5 Å². The van der Waals surface area contributed by atoms with Crippen LogP contribution in [0.3, 0.4) is 0 Å². The third kappa shape index (κ3) is 5.67. The summed E-state index contributed by atoms with van der Waals surface area (Å²) in [6.45, 7) is 0. The van der Waals surface area contributed by atoms with Gasteiger partial charge in [-0.1, -0.05) is 65.1 Å². The highest BCUT2D eigenvalue weighted by molar-refractivity contribution is 6.39. The molecule has 0 bridgehead atoms. The molecule has 1 heterocycles. The van der Waals surface area contributed by atoms with Crippen LogP contribution < -0.4 is 14.9 Å². The van der Waals surface area contributed by atoms with Crippen molar-refractivity contribution in [3.05, 3.63) is 117 Å². The SMILES string of the molecule is COc1ccc(C(=O)Oc2ccccc2C=NNC(=O)c2[nH]c3c(Cl)cc(Cl)cc3c2-c2ccccc2Cl)cc1. The summed E-state index contributed by atoms with van der Waals surface area (Å²) in [5, 5.41) is 5.95. The number of carbonyl (C=O) groups excluding carboxylic acids is 2. The first-order valence-corrected chi connectivity index (χ1v) is 13.0. The van der Waals surface area contributed by atoms with E-state index in [1.807, 2.05) is 6.07 Å². The molecule has 0 atom stereocenters. The van der Waals surface area contributed by atoms with E-state index in [9.17, 15) is 9.59 Å². The van der Waals surface area contributed by atoms with Crippen LogP contribution in [-0.4, -0.2) is 30.2 Å². The lowest BCUT2D eigenvalue weighted by atomic mass is 10.0. The van der Waals surface area contributed by atoms with Gasteiger partial charge in [0.05, 0.1) is 29.4 Å². The molecule has 0 aliphatic carbocycles. The summed E-state index contributed by atoms with van der Waals surface area (Å²) in [5.41, 5.74) is 5.24. The van der Waals surface area contributed by atoms with E-state index in [4.69, 9.17) is 44.3 Å². The summed E-state index contributed by atoms with van der Waals surface area (Å²) in [6.07, 6.45) is 1.39. The summed E-state index contributed by atoms with van der Waals surface area (Å²) < 4.78 is 10.7. The Labute approximate surface area is 244 Å². The number of aromatic amines is 1. The molecule has 0 unspecified atom stereocenters. The Bertz CT molecular complexity index is 1760. The zero-order valence-corrected chi connectivity index (χ0v) is 23.1. The zero-order valence-electron chi connectivity index (χ0n) is 20.9. The molecular formula is C30H20Cl3N3O4. The Kier molecular flexibility index (Phi) is 8.07. The van der Waals surface area contributed by atoms with E-state index in [1.54, 1.807) is 86.0 Å². The molecule has 0 fully saturated rings. The number of H-pyrrole nitrogens is 1. The average Bonchev–Trinajstić information content (AvgIpc) is 3.34. The van der Waals surface area contributed by atoms with Crippen LogP contribution in [0.25, 0.3) is 22.0 Å². The molecule has 10 heteroatoms. The van der Waals surface area contributed by atoms with Crippen molar-refractivity contribution in [2.24, 2.45) is 5.10 Å². The summed E-state index contributed by atoms with van der Waals surface area (Å²) in [5.74, 6) is -0.198. The number of hydrazone groups is 1. The number of halogens is 3. The van der Waals surface area contributed by atoms with Gasteiger partial charge in [-0.05, 0) is 54.6 Å². The zero-order chi connectivity index (χ0) is 28.2. The second-order valence-electron chi connectivity index (χ2n) is 8.52. The predicted octanol–water partition coefficient (Wildman–Crippen LogP) is 7.79. The van der Waals surface area contributed by atoms with Crippen molar-refractivity contribution in [1.29, 1.82) is 0 Å². The van der Waals surface area contributed by atoms with Crippen LogP contribution in [0.5, 0.6) is 11.5 Å². The Morgan fingerprint density at radius 2 is 1.62 bits per heavy atom. The molecule has 7 nitrogen and oxygen atoms in total. The number of para-hydroxylation sites is 1. The lowest BCUT2D eigenvalue weighted by molar-refractivity contribution is 0.0734. The number of aromatic nitrogens is 1. The number of hydrogen-bond donors (Lipinski definition) is 2. The van der Waals surface area contributed by atoms with Crippen LogP contribution in [0.15, 0.2) is 90.0 Å². The molecule has 1 aromatic heterocycles. The quantitative estimate of drug-likeness (QED) is 0.0873. The van der Waals surface area contributed by atoms with Crippen molar-refractivity contribution < 1.29 is 19.1 Å². The first kappa shape index (κ1) is 27.3. The van der Waals surface area contributed by atoms with Gasteiger partial charge in [0.25, 0.3) is 5.91 Å². The summed E-state index contributed by atoms with van der Waals surface area (Å²) in [7, 11) is 1.54. The number of benzene rings is 4. The van der Waals surface area contributed by atoms with E-state index < -0.39 is 11.9 Å². The molecule has 200 valence electrons. The van der Waals surface area contributed by atoms with Crippen LogP contribution in [0.4, 0.5) is 0 Å². The van der Waals surface area contributed by atoms with Gasteiger partial charge in [0.2, 0.25) is 0 Å². The fourth-order valence-electron chi connectivity index (χ4n) is 4.12. The molecule has 0 radical (unpaired) electrons. The second-order valence-corrected chi connectivity index (χ2v) is 9.77. The van der Waals surface area contributed by atoms with Crippen molar-refractivity contribution in [1.82, 2.24) is 10.4 Å². The molecule has 4 aromatic carbocycles. The highest BCUT2D eigenvalue weighted by atomic mass is 35.5. The highest BCUT2D eigenvalue weighted by Crippen LogP contribution is 2.40. The minimum Gasteiger partial charge on any atom is -0.497 e. The van der Waals surface area contributed by atoms with Crippen molar-refractivity contribution in [3.63, 3.8) is 0 Å². The molecule has 2 N–H and O–H groups in total. The average molecular weight is 593 g/mol. The normalized spacial score (nSPS) is 11.1. The van der Waals surface area contributed by atoms with Crippen LogP contribution in [0.2, 0.25) is 15.1 Å². The third-order valence-electron chi connectivity index (χ3n) is 6.01. The number of nitrogens with zero attached hydrogens (tertiary/aromatic N) is 1. The Morgan fingerprint density at radius 3 is 2.38 bits per heavy atom. The fourth-order valence-corrected chi connectivity index (χ4v) is 4.89. The van der Waals surface area contributed by atoms with Gasteiger partial charge in [-0.15, -0.1) is 0 Å². The van der Waals surface area contributed by atoms with Crippen molar-refractivity contribution in [2.45, 2.75) is 0 Å². The standard InChI is InChI=1S/C30H20Cl3N3O4/c1-39-20-12-10-17(11-13-20)30(38)40-25-9-5-2-6-18(25)16-34-36-29(37)28-26(21-7-3-4-8-23(21)32)22-14-19(31)15-24(33)27(22)35-28/h2-16,35H,1H3,(H,36,37). The van der Waals surface area contributed by atoms with Crippen LogP contribution in [-0.2, 0) is 0 Å². The first-order valence-electron chi connectivity index (χ1n) is 11.9. The first-order chi connectivity index (χ1) is 19.4.